The van der Waals surface area contributed by atoms with Gasteiger partial charge in [0.15, 0.2) is 5.75 Å². The molecular weight excluding hydrogens is 196 g/mol. The van der Waals surface area contributed by atoms with Crippen LogP contribution in [0.25, 0.3) is 0 Å². The number of thiol groups is 1. The Balaban J connectivity index is 3.11. The highest BCUT2D eigenvalue weighted by Crippen LogP contribution is 2.17. The van der Waals surface area contributed by atoms with Gasteiger partial charge in [0.1, 0.15) is 5.56 Å². The SMILES string of the molecule is O=C(O)c1ccccc1O[SH](=O)=O. The van der Waals surface area contributed by atoms with E-state index in [2.05, 4.69) is 4.18 Å². The number of carboxylic acids is 1. The molecule has 0 saturated carbocycles. The van der Waals surface area contributed by atoms with Gasteiger partial charge in [-0.25, -0.2) is 4.79 Å². The first-order valence-corrected chi connectivity index (χ1v) is 4.35. The lowest BCUT2D eigenvalue weighted by Gasteiger charge is -2.00. The van der Waals surface area contributed by atoms with Gasteiger partial charge >= 0.3 is 5.97 Å². The first-order chi connectivity index (χ1) is 6.11. The molecule has 1 aromatic rings. The van der Waals surface area contributed by atoms with Crippen LogP contribution in [0.5, 0.6) is 5.75 Å². The van der Waals surface area contributed by atoms with E-state index in [0.717, 1.165) is 0 Å². The zero-order chi connectivity index (χ0) is 9.84. The largest absolute Gasteiger partial charge is 0.478 e. The fourth-order valence-electron chi connectivity index (χ4n) is 0.803. The topological polar surface area (TPSA) is 80.7 Å². The monoisotopic (exact) mass is 202 g/mol. The third-order valence-electron chi connectivity index (χ3n) is 1.29. The van der Waals surface area contributed by atoms with E-state index in [-0.39, 0.29) is 11.3 Å². The number of carbonyl (C=O) groups is 1. The molecule has 0 aliphatic heterocycles. The van der Waals surface area contributed by atoms with Gasteiger partial charge in [0.2, 0.25) is 0 Å². The van der Waals surface area contributed by atoms with Gasteiger partial charge < -0.3 is 9.29 Å². The fraction of sp³-hybridized carbons (Fsp3) is 0. The lowest BCUT2D eigenvalue weighted by atomic mass is 10.2. The molecule has 5 nitrogen and oxygen atoms in total. The van der Waals surface area contributed by atoms with E-state index in [0.29, 0.717) is 0 Å². The number of rotatable bonds is 3. The van der Waals surface area contributed by atoms with Crippen molar-refractivity contribution in [3.05, 3.63) is 29.8 Å². The summed E-state index contributed by atoms with van der Waals surface area (Å²) in [6.45, 7) is 0. The molecule has 0 unspecified atom stereocenters. The van der Waals surface area contributed by atoms with E-state index in [1.807, 2.05) is 0 Å². The Kier molecular flexibility index (Phi) is 2.86. The second-order valence-corrected chi connectivity index (χ2v) is 2.75. The smallest absolute Gasteiger partial charge is 0.339 e. The summed E-state index contributed by atoms with van der Waals surface area (Å²) in [6.07, 6.45) is 0. The molecule has 13 heavy (non-hydrogen) atoms. The molecule has 0 atom stereocenters. The third-order valence-corrected chi connectivity index (χ3v) is 1.64. The highest BCUT2D eigenvalue weighted by molar-refractivity contribution is 7.67. The fourth-order valence-corrected chi connectivity index (χ4v) is 1.12. The van der Waals surface area contributed by atoms with Crippen LogP contribution in [-0.4, -0.2) is 19.5 Å². The molecule has 0 radical (unpaired) electrons. The summed E-state index contributed by atoms with van der Waals surface area (Å²) in [5.41, 5.74) is -0.179. The van der Waals surface area contributed by atoms with E-state index in [1.54, 1.807) is 0 Å². The van der Waals surface area contributed by atoms with Crippen LogP contribution in [0.3, 0.4) is 0 Å². The summed E-state index contributed by atoms with van der Waals surface area (Å²) < 4.78 is 24.6. The van der Waals surface area contributed by atoms with Crippen LogP contribution in [0.15, 0.2) is 24.3 Å². The van der Waals surface area contributed by atoms with Crippen molar-refractivity contribution in [1.29, 1.82) is 0 Å². The van der Waals surface area contributed by atoms with E-state index in [1.165, 1.54) is 24.3 Å². The molecule has 0 heterocycles. The maximum Gasteiger partial charge on any atom is 0.339 e. The summed E-state index contributed by atoms with van der Waals surface area (Å²) >= 11 is 0. The maximum atomic E-state index is 10.5. The van der Waals surface area contributed by atoms with Crippen molar-refractivity contribution in [2.75, 3.05) is 0 Å². The lowest BCUT2D eigenvalue weighted by Crippen LogP contribution is -2.01. The zero-order valence-corrected chi connectivity index (χ0v) is 7.23. The van der Waals surface area contributed by atoms with Crippen LogP contribution in [0.4, 0.5) is 0 Å². The molecule has 6 heteroatoms. The minimum Gasteiger partial charge on any atom is -0.478 e. The molecule has 1 aromatic carbocycles. The zero-order valence-electron chi connectivity index (χ0n) is 6.34. The van der Waals surface area contributed by atoms with Crippen LogP contribution in [0, 0.1) is 0 Å². The normalized spacial score (nSPS) is 9.92. The standard InChI is InChI=1S/C7H6O5S/c8-7(9)5-3-1-2-4-6(5)12-13(10)11/h1-4,13H,(H,8,9). The molecule has 0 amide bonds. The Hall–Kier alpha value is -1.56. The summed E-state index contributed by atoms with van der Waals surface area (Å²) in [5, 5.41) is 8.60. The Morgan fingerprint density at radius 3 is 2.46 bits per heavy atom. The highest BCUT2D eigenvalue weighted by Gasteiger charge is 2.10. The average Bonchev–Trinajstić information content (AvgIpc) is 2.03. The van der Waals surface area contributed by atoms with Gasteiger partial charge in [-0.1, -0.05) is 12.1 Å². The molecule has 0 spiro atoms. The van der Waals surface area contributed by atoms with Gasteiger partial charge in [0, 0.05) is 0 Å². The van der Waals surface area contributed by atoms with Crippen LogP contribution in [-0.2, 0) is 11.0 Å². The molecule has 70 valence electrons. The van der Waals surface area contributed by atoms with Crippen LogP contribution in [0.2, 0.25) is 0 Å². The first kappa shape index (κ1) is 9.53. The van der Waals surface area contributed by atoms with Crippen molar-refractivity contribution >= 4 is 17.0 Å². The van der Waals surface area contributed by atoms with Crippen LogP contribution >= 0.6 is 0 Å². The lowest BCUT2D eigenvalue weighted by molar-refractivity contribution is 0.0695. The highest BCUT2D eigenvalue weighted by atomic mass is 32.2. The number of hydrogen-bond acceptors (Lipinski definition) is 4. The van der Waals surface area contributed by atoms with Crippen LogP contribution in [0.1, 0.15) is 10.4 Å². The van der Waals surface area contributed by atoms with Crippen molar-refractivity contribution in [3.63, 3.8) is 0 Å². The van der Waals surface area contributed by atoms with E-state index in [9.17, 15) is 13.2 Å². The van der Waals surface area contributed by atoms with Gasteiger partial charge in [-0.05, 0) is 12.1 Å². The van der Waals surface area contributed by atoms with E-state index < -0.39 is 17.0 Å². The molecule has 0 aliphatic carbocycles. The average molecular weight is 202 g/mol. The van der Waals surface area contributed by atoms with Crippen LogP contribution < -0.4 is 4.18 Å². The van der Waals surface area contributed by atoms with E-state index in [4.69, 9.17) is 5.11 Å². The summed E-state index contributed by atoms with van der Waals surface area (Å²) in [6, 6.07) is 5.50. The Labute approximate surface area is 75.7 Å². The maximum absolute atomic E-state index is 10.5. The van der Waals surface area contributed by atoms with Gasteiger partial charge in [-0.15, -0.1) is 0 Å². The Morgan fingerprint density at radius 2 is 1.92 bits per heavy atom. The van der Waals surface area contributed by atoms with Crippen molar-refractivity contribution in [2.45, 2.75) is 0 Å². The van der Waals surface area contributed by atoms with Gasteiger partial charge in [0.05, 0.1) is 0 Å². The molecule has 1 rings (SSSR count). The predicted octanol–water partition coefficient (Wildman–Crippen LogP) is 0.290. The molecule has 0 aliphatic rings. The quantitative estimate of drug-likeness (QED) is 0.688. The third kappa shape index (κ3) is 2.45. The number of carboxylic acid groups (broad SMARTS) is 1. The van der Waals surface area contributed by atoms with Gasteiger partial charge in [-0.3, -0.25) is 0 Å². The van der Waals surface area contributed by atoms with Gasteiger partial charge in [0.25, 0.3) is 11.0 Å². The summed E-state index contributed by atoms with van der Waals surface area (Å²) in [5.74, 6) is -1.40. The van der Waals surface area contributed by atoms with Gasteiger partial charge in [-0.2, -0.15) is 8.42 Å². The second kappa shape index (κ2) is 3.90. The number of aromatic carboxylic acids is 1. The second-order valence-electron chi connectivity index (χ2n) is 2.12. The molecule has 0 saturated heterocycles. The minimum atomic E-state index is -3.08. The van der Waals surface area contributed by atoms with E-state index >= 15 is 0 Å². The van der Waals surface area contributed by atoms with Crippen molar-refractivity contribution in [2.24, 2.45) is 0 Å². The number of para-hydroxylation sites is 1. The number of hydrogen-bond donors (Lipinski definition) is 2. The predicted molar refractivity (Wildman–Crippen MR) is 44.3 cm³/mol. The first-order valence-electron chi connectivity index (χ1n) is 3.26. The summed E-state index contributed by atoms with van der Waals surface area (Å²) in [7, 11) is -3.08. The number of benzene rings is 1. The summed E-state index contributed by atoms with van der Waals surface area (Å²) in [4.78, 5) is 10.5. The Bertz CT molecular complexity index is 388. The molecule has 0 aromatic heterocycles. The van der Waals surface area contributed by atoms with Crippen molar-refractivity contribution in [3.8, 4) is 5.75 Å². The van der Waals surface area contributed by atoms with Crippen molar-refractivity contribution in [1.82, 2.24) is 0 Å². The molecular formula is C7H6O5S. The molecule has 0 bridgehead atoms. The molecule has 1 N–H and O–H groups in total. The Morgan fingerprint density at radius 1 is 1.31 bits per heavy atom. The van der Waals surface area contributed by atoms with Crippen molar-refractivity contribution < 1.29 is 22.5 Å². The minimum absolute atomic E-state index is 0.175. The molecule has 0 fully saturated rings.